The van der Waals surface area contributed by atoms with Gasteiger partial charge in [-0.1, -0.05) is 35.9 Å². The minimum Gasteiger partial charge on any atom is -0.244 e. The minimum atomic E-state index is 1.05. The Morgan fingerprint density at radius 3 is 2.29 bits per heavy atom. The molecule has 0 fully saturated rings. The van der Waals surface area contributed by atoms with Crippen LogP contribution >= 0.6 is 0 Å². The predicted molar refractivity (Wildman–Crippen MR) is 69.7 cm³/mol. The second-order valence-corrected chi connectivity index (χ2v) is 4.19. The fraction of sp³-hybridized carbons (Fsp3) is 0.0667. The minimum absolute atomic E-state index is 1.05. The van der Waals surface area contributed by atoms with Crippen molar-refractivity contribution < 1.29 is 0 Å². The van der Waals surface area contributed by atoms with E-state index in [1.165, 1.54) is 16.3 Å². The van der Waals surface area contributed by atoms with E-state index in [0.29, 0.717) is 0 Å². The predicted octanol–water partition coefficient (Wildman–Crippen LogP) is 3.61. The second kappa shape index (κ2) is 3.98. The second-order valence-electron chi connectivity index (χ2n) is 4.19. The summed E-state index contributed by atoms with van der Waals surface area (Å²) in [7, 11) is 0. The normalized spacial score (nSPS) is 10.6. The molecule has 3 rings (SSSR count). The van der Waals surface area contributed by atoms with E-state index in [-0.39, 0.29) is 0 Å². The quantitative estimate of drug-likeness (QED) is 0.626. The number of aryl methyl sites for hydroxylation is 1. The number of benzene rings is 2. The molecule has 17 heavy (non-hydrogen) atoms. The van der Waals surface area contributed by atoms with Crippen molar-refractivity contribution in [1.29, 1.82) is 0 Å². The molecule has 0 amide bonds. The van der Waals surface area contributed by atoms with E-state index in [0.717, 1.165) is 11.1 Å². The Kier molecular flexibility index (Phi) is 2.33. The Bertz CT molecular complexity index is 660. The van der Waals surface area contributed by atoms with Crippen molar-refractivity contribution in [1.82, 2.24) is 9.97 Å². The molecular weight excluding hydrogens is 208 g/mol. The summed E-state index contributed by atoms with van der Waals surface area (Å²) in [6.45, 7) is 2.11. The highest BCUT2D eigenvalue weighted by molar-refractivity contribution is 5.87. The topological polar surface area (TPSA) is 25.8 Å². The van der Waals surface area contributed by atoms with Gasteiger partial charge in [0.1, 0.15) is 6.33 Å². The van der Waals surface area contributed by atoms with Crippen LogP contribution in [0.25, 0.3) is 21.9 Å². The van der Waals surface area contributed by atoms with Gasteiger partial charge in [0.25, 0.3) is 0 Å². The van der Waals surface area contributed by atoms with Crippen molar-refractivity contribution in [3.8, 4) is 11.1 Å². The molecule has 1 heterocycles. The van der Waals surface area contributed by atoms with Crippen molar-refractivity contribution in [3.63, 3.8) is 0 Å². The van der Waals surface area contributed by atoms with E-state index < -0.39 is 0 Å². The molecule has 2 heteroatoms. The summed E-state index contributed by atoms with van der Waals surface area (Å²) >= 11 is 0. The highest BCUT2D eigenvalue weighted by Crippen LogP contribution is 2.23. The van der Waals surface area contributed by atoms with Gasteiger partial charge in [0.2, 0.25) is 0 Å². The molecule has 0 aliphatic heterocycles. The molecule has 0 saturated heterocycles. The van der Waals surface area contributed by atoms with Crippen molar-refractivity contribution in [2.24, 2.45) is 0 Å². The maximum Gasteiger partial charge on any atom is 0.115 e. The lowest BCUT2D eigenvalue weighted by Crippen LogP contribution is -1.83. The smallest absolute Gasteiger partial charge is 0.115 e. The van der Waals surface area contributed by atoms with E-state index in [2.05, 4.69) is 53.3 Å². The molecule has 0 unspecified atom stereocenters. The van der Waals surface area contributed by atoms with Gasteiger partial charge in [0, 0.05) is 18.0 Å². The first-order chi connectivity index (χ1) is 8.33. The van der Waals surface area contributed by atoms with Crippen LogP contribution < -0.4 is 0 Å². The summed E-state index contributed by atoms with van der Waals surface area (Å²) in [6.07, 6.45) is 5.22. The van der Waals surface area contributed by atoms with Crippen LogP contribution in [0.2, 0.25) is 0 Å². The van der Waals surface area contributed by atoms with Crippen LogP contribution in [0.3, 0.4) is 0 Å². The molecule has 1 aromatic heterocycles. The standard InChI is InChI=1S/C15H12N2/c1-11-2-3-13-7-14(5-4-12(13)6-11)15-8-16-10-17-9-15/h2-10H,1H3. The Labute approximate surface area is 100.0 Å². The van der Waals surface area contributed by atoms with Crippen LogP contribution in [-0.2, 0) is 0 Å². The molecule has 0 saturated carbocycles. The lowest BCUT2D eigenvalue weighted by molar-refractivity contribution is 1.17. The third kappa shape index (κ3) is 1.89. The largest absolute Gasteiger partial charge is 0.244 e. The molecule has 0 radical (unpaired) electrons. The number of hydrogen-bond donors (Lipinski definition) is 0. The van der Waals surface area contributed by atoms with Crippen LogP contribution in [0.15, 0.2) is 55.1 Å². The third-order valence-corrected chi connectivity index (χ3v) is 2.89. The number of fused-ring (bicyclic) bond motifs is 1. The van der Waals surface area contributed by atoms with E-state index in [9.17, 15) is 0 Å². The van der Waals surface area contributed by atoms with Gasteiger partial charge in [-0.05, 0) is 29.3 Å². The molecule has 0 aliphatic rings. The molecule has 82 valence electrons. The summed E-state index contributed by atoms with van der Waals surface area (Å²) in [4.78, 5) is 8.09. The van der Waals surface area contributed by atoms with Crippen LogP contribution in [0.5, 0.6) is 0 Å². The number of hydrogen-bond acceptors (Lipinski definition) is 2. The zero-order valence-corrected chi connectivity index (χ0v) is 9.59. The van der Waals surface area contributed by atoms with E-state index in [1.54, 1.807) is 6.33 Å². The molecule has 0 N–H and O–H groups in total. The number of rotatable bonds is 1. The molecule has 3 aromatic rings. The van der Waals surface area contributed by atoms with E-state index in [1.807, 2.05) is 12.4 Å². The highest BCUT2D eigenvalue weighted by Gasteiger charge is 2.00. The van der Waals surface area contributed by atoms with Gasteiger partial charge in [0.15, 0.2) is 0 Å². The van der Waals surface area contributed by atoms with Gasteiger partial charge in [-0.15, -0.1) is 0 Å². The Balaban J connectivity index is 2.17. The maximum atomic E-state index is 4.04. The Hall–Kier alpha value is -2.22. The molecular formula is C15H12N2. The fourth-order valence-electron chi connectivity index (χ4n) is 1.99. The molecule has 2 nitrogen and oxygen atoms in total. The van der Waals surface area contributed by atoms with E-state index >= 15 is 0 Å². The molecule has 0 aliphatic carbocycles. The Morgan fingerprint density at radius 2 is 1.47 bits per heavy atom. The molecule has 0 spiro atoms. The summed E-state index contributed by atoms with van der Waals surface area (Å²) in [5.74, 6) is 0. The number of aromatic nitrogens is 2. The summed E-state index contributed by atoms with van der Waals surface area (Å²) in [6, 6.07) is 12.9. The first-order valence-corrected chi connectivity index (χ1v) is 5.59. The third-order valence-electron chi connectivity index (χ3n) is 2.89. The van der Waals surface area contributed by atoms with Gasteiger partial charge >= 0.3 is 0 Å². The summed E-state index contributed by atoms with van der Waals surface area (Å²) in [5, 5.41) is 2.52. The molecule has 2 aromatic carbocycles. The van der Waals surface area contributed by atoms with Crippen LogP contribution in [0.4, 0.5) is 0 Å². The zero-order chi connectivity index (χ0) is 11.7. The lowest BCUT2D eigenvalue weighted by Gasteiger charge is -2.04. The fourth-order valence-corrected chi connectivity index (χ4v) is 1.99. The first-order valence-electron chi connectivity index (χ1n) is 5.59. The average molecular weight is 220 g/mol. The monoisotopic (exact) mass is 220 g/mol. The maximum absolute atomic E-state index is 4.04. The first kappa shape index (κ1) is 9.97. The van der Waals surface area contributed by atoms with Crippen molar-refractivity contribution in [2.45, 2.75) is 6.92 Å². The Morgan fingerprint density at radius 1 is 0.765 bits per heavy atom. The SMILES string of the molecule is Cc1ccc2cc(-c3cncnc3)ccc2c1. The average Bonchev–Trinajstić information content (AvgIpc) is 2.39. The zero-order valence-electron chi connectivity index (χ0n) is 9.59. The molecule has 0 atom stereocenters. The van der Waals surface area contributed by atoms with Crippen molar-refractivity contribution >= 4 is 10.8 Å². The van der Waals surface area contributed by atoms with Crippen molar-refractivity contribution in [2.75, 3.05) is 0 Å². The van der Waals surface area contributed by atoms with Gasteiger partial charge in [0.05, 0.1) is 0 Å². The van der Waals surface area contributed by atoms with Gasteiger partial charge < -0.3 is 0 Å². The van der Waals surface area contributed by atoms with Crippen LogP contribution in [0.1, 0.15) is 5.56 Å². The highest BCUT2D eigenvalue weighted by atomic mass is 14.8. The lowest BCUT2D eigenvalue weighted by atomic mass is 10.0. The number of nitrogens with zero attached hydrogens (tertiary/aromatic N) is 2. The van der Waals surface area contributed by atoms with Gasteiger partial charge in [-0.3, -0.25) is 0 Å². The molecule has 0 bridgehead atoms. The van der Waals surface area contributed by atoms with Crippen molar-refractivity contribution in [3.05, 3.63) is 60.7 Å². The van der Waals surface area contributed by atoms with Crippen LogP contribution in [0, 0.1) is 6.92 Å². The summed E-state index contributed by atoms with van der Waals surface area (Å²) in [5.41, 5.74) is 3.49. The summed E-state index contributed by atoms with van der Waals surface area (Å²) < 4.78 is 0. The van der Waals surface area contributed by atoms with Gasteiger partial charge in [-0.2, -0.15) is 0 Å². The van der Waals surface area contributed by atoms with Crippen LogP contribution in [-0.4, -0.2) is 9.97 Å². The van der Waals surface area contributed by atoms with Gasteiger partial charge in [-0.25, -0.2) is 9.97 Å². The van der Waals surface area contributed by atoms with E-state index in [4.69, 9.17) is 0 Å².